The Labute approximate surface area is 213 Å². The molecule has 0 aliphatic carbocycles. The molecule has 1 aliphatic rings. The van der Waals surface area contributed by atoms with E-state index < -0.39 is 5.97 Å². The zero-order valence-electron chi connectivity index (χ0n) is 19.4. The number of rotatable bonds is 8. The number of hydrogen-bond acceptors (Lipinski definition) is 6. The second-order valence-corrected chi connectivity index (χ2v) is 8.41. The molecule has 0 aromatic heterocycles. The Balaban J connectivity index is 1.38. The number of carbonyl (C=O) groups excluding carboxylic acids is 3. The molecule has 0 saturated carbocycles. The molecule has 0 atom stereocenters. The topological polar surface area (TPSA) is 96.7 Å². The number of ether oxygens (including phenoxy) is 2. The van der Waals surface area contributed by atoms with Gasteiger partial charge in [-0.25, -0.2) is 0 Å². The van der Waals surface area contributed by atoms with Crippen molar-refractivity contribution in [1.29, 1.82) is 5.26 Å². The van der Waals surface area contributed by atoms with Crippen molar-refractivity contribution in [2.75, 3.05) is 13.7 Å². The number of benzene rings is 3. The molecule has 3 aromatic carbocycles. The van der Waals surface area contributed by atoms with Crippen LogP contribution in [0.25, 0.3) is 11.6 Å². The Morgan fingerprint density at radius 1 is 1.00 bits per heavy atom. The number of methoxy groups -OCH3 is 1. The van der Waals surface area contributed by atoms with Crippen LogP contribution in [-0.4, -0.2) is 36.3 Å². The molecule has 2 amide bonds. The number of imide groups is 1. The normalized spacial score (nSPS) is 12.8. The molecule has 3 aromatic rings. The average Bonchev–Trinajstić information content (AvgIpc) is 3.13. The summed E-state index contributed by atoms with van der Waals surface area (Å²) in [6.45, 7) is 0.115. The lowest BCUT2D eigenvalue weighted by molar-refractivity contribution is -0.134. The van der Waals surface area contributed by atoms with Gasteiger partial charge in [0.25, 0.3) is 11.8 Å². The van der Waals surface area contributed by atoms with E-state index in [0.29, 0.717) is 33.0 Å². The van der Waals surface area contributed by atoms with Crippen LogP contribution >= 0.6 is 11.6 Å². The van der Waals surface area contributed by atoms with E-state index >= 15 is 0 Å². The minimum absolute atomic E-state index is 0.00730. The van der Waals surface area contributed by atoms with Gasteiger partial charge in [-0.2, -0.15) is 5.26 Å². The first-order valence-corrected chi connectivity index (χ1v) is 11.5. The largest absolute Gasteiger partial charge is 0.493 e. The molecule has 180 valence electrons. The van der Waals surface area contributed by atoms with E-state index in [-0.39, 0.29) is 37.0 Å². The smallest absolute Gasteiger partial charge is 0.311 e. The summed E-state index contributed by atoms with van der Waals surface area (Å²) in [5.41, 5.74) is 2.59. The van der Waals surface area contributed by atoms with Gasteiger partial charge in [0.05, 0.1) is 29.9 Å². The van der Waals surface area contributed by atoms with E-state index in [2.05, 4.69) is 6.07 Å². The number of allylic oxidation sites excluding steroid dienone is 1. The highest BCUT2D eigenvalue weighted by molar-refractivity contribution is 6.30. The fourth-order valence-corrected chi connectivity index (χ4v) is 3.96. The lowest BCUT2D eigenvalue weighted by Crippen LogP contribution is -2.31. The summed E-state index contributed by atoms with van der Waals surface area (Å²) in [7, 11) is 1.45. The molecular weight excluding hydrogens is 480 g/mol. The number of halogens is 1. The van der Waals surface area contributed by atoms with Gasteiger partial charge in [-0.15, -0.1) is 0 Å². The highest BCUT2D eigenvalue weighted by atomic mass is 35.5. The molecule has 0 fully saturated rings. The minimum Gasteiger partial charge on any atom is -0.493 e. The zero-order chi connectivity index (χ0) is 25.7. The Morgan fingerprint density at radius 2 is 1.67 bits per heavy atom. The van der Waals surface area contributed by atoms with Gasteiger partial charge in [0, 0.05) is 18.0 Å². The Kier molecular flexibility index (Phi) is 7.47. The molecule has 1 heterocycles. The van der Waals surface area contributed by atoms with Crippen molar-refractivity contribution in [2.24, 2.45) is 0 Å². The molecular formula is C28H21ClN2O5. The summed E-state index contributed by atoms with van der Waals surface area (Å²) in [5, 5.41) is 10.1. The Morgan fingerprint density at radius 3 is 2.28 bits per heavy atom. The number of hydrogen-bond donors (Lipinski definition) is 0. The van der Waals surface area contributed by atoms with E-state index in [1.807, 2.05) is 0 Å². The quantitative estimate of drug-likeness (QED) is 0.135. The standard InChI is InChI=1S/C28H21ClN2O5/c1-35-25-16-18(15-20(17-30)19-9-11-21(29)12-10-19)8-13-24(25)36-26(32)7-4-14-31-27(33)22-5-2-3-6-23(22)28(31)34/h2-3,5-6,8-13,15-16H,4,7,14H2,1H3/b20-15+. The zero-order valence-corrected chi connectivity index (χ0v) is 20.1. The van der Waals surface area contributed by atoms with E-state index in [0.717, 1.165) is 10.5 Å². The van der Waals surface area contributed by atoms with Gasteiger partial charge >= 0.3 is 5.97 Å². The number of esters is 1. The third-order valence-corrected chi connectivity index (χ3v) is 5.89. The van der Waals surface area contributed by atoms with Gasteiger partial charge in [-0.3, -0.25) is 19.3 Å². The van der Waals surface area contributed by atoms with Crippen molar-refractivity contribution >= 4 is 41.0 Å². The molecule has 0 spiro atoms. The van der Waals surface area contributed by atoms with Crippen molar-refractivity contribution in [3.05, 3.63) is 94.0 Å². The molecule has 0 unspecified atom stereocenters. The minimum atomic E-state index is -0.521. The predicted molar refractivity (Wildman–Crippen MR) is 135 cm³/mol. The lowest BCUT2D eigenvalue weighted by Gasteiger charge is -2.14. The maximum atomic E-state index is 12.4. The molecule has 8 heteroatoms. The third-order valence-electron chi connectivity index (χ3n) is 5.64. The number of nitriles is 1. The van der Waals surface area contributed by atoms with Crippen LogP contribution in [0.5, 0.6) is 11.5 Å². The first-order valence-electron chi connectivity index (χ1n) is 11.1. The highest BCUT2D eigenvalue weighted by Crippen LogP contribution is 2.30. The van der Waals surface area contributed by atoms with Crippen LogP contribution in [0.1, 0.15) is 44.7 Å². The number of nitrogens with zero attached hydrogens (tertiary/aromatic N) is 2. The van der Waals surface area contributed by atoms with Gasteiger partial charge in [0.1, 0.15) is 0 Å². The summed E-state index contributed by atoms with van der Waals surface area (Å²) in [5.74, 6) is -0.683. The fraction of sp³-hybridized carbons (Fsp3) is 0.143. The van der Waals surface area contributed by atoms with Gasteiger partial charge in [0.2, 0.25) is 0 Å². The third kappa shape index (κ3) is 5.29. The van der Waals surface area contributed by atoms with Crippen LogP contribution in [0, 0.1) is 11.3 Å². The SMILES string of the molecule is COc1cc(/C=C(\C#N)c2ccc(Cl)cc2)ccc1OC(=O)CCCN1C(=O)c2ccccc2C1=O. The Bertz CT molecular complexity index is 1370. The van der Waals surface area contributed by atoms with Crippen LogP contribution in [-0.2, 0) is 4.79 Å². The van der Waals surface area contributed by atoms with Crippen LogP contribution in [0.2, 0.25) is 5.02 Å². The predicted octanol–water partition coefficient (Wildman–Crippen LogP) is 5.39. The van der Waals surface area contributed by atoms with Crippen molar-refractivity contribution in [3.63, 3.8) is 0 Å². The summed E-state index contributed by atoms with van der Waals surface area (Å²) in [6, 6.07) is 20.7. The van der Waals surface area contributed by atoms with Crippen molar-refractivity contribution in [1.82, 2.24) is 4.90 Å². The monoisotopic (exact) mass is 500 g/mol. The summed E-state index contributed by atoms with van der Waals surface area (Å²) >= 11 is 5.92. The number of amides is 2. The molecule has 0 radical (unpaired) electrons. The average molecular weight is 501 g/mol. The van der Waals surface area contributed by atoms with Crippen molar-refractivity contribution < 1.29 is 23.9 Å². The molecule has 0 N–H and O–H groups in total. The first-order chi connectivity index (χ1) is 17.4. The molecule has 36 heavy (non-hydrogen) atoms. The van der Waals surface area contributed by atoms with Crippen LogP contribution in [0.15, 0.2) is 66.7 Å². The maximum absolute atomic E-state index is 12.4. The second kappa shape index (κ2) is 10.9. The van der Waals surface area contributed by atoms with Crippen molar-refractivity contribution in [2.45, 2.75) is 12.8 Å². The summed E-state index contributed by atoms with van der Waals surface area (Å²) in [6.07, 6.45) is 1.97. The van der Waals surface area contributed by atoms with Gasteiger partial charge in [-0.1, -0.05) is 41.9 Å². The number of fused-ring (bicyclic) bond motifs is 1. The van der Waals surface area contributed by atoms with E-state index in [4.69, 9.17) is 21.1 Å². The van der Waals surface area contributed by atoms with Crippen LogP contribution in [0.4, 0.5) is 0 Å². The molecule has 4 rings (SSSR count). The van der Waals surface area contributed by atoms with Crippen molar-refractivity contribution in [3.8, 4) is 17.6 Å². The van der Waals surface area contributed by atoms with E-state index in [9.17, 15) is 19.6 Å². The Hall–Kier alpha value is -4.41. The van der Waals surface area contributed by atoms with E-state index in [1.54, 1.807) is 72.8 Å². The highest BCUT2D eigenvalue weighted by Gasteiger charge is 2.34. The van der Waals surface area contributed by atoms with E-state index in [1.165, 1.54) is 7.11 Å². The number of carbonyl (C=O) groups is 3. The van der Waals surface area contributed by atoms with Gasteiger partial charge in [0.15, 0.2) is 11.5 Å². The van der Waals surface area contributed by atoms with Gasteiger partial charge < -0.3 is 9.47 Å². The molecule has 7 nitrogen and oxygen atoms in total. The fourth-order valence-electron chi connectivity index (χ4n) is 3.83. The summed E-state index contributed by atoms with van der Waals surface area (Å²) < 4.78 is 10.8. The second-order valence-electron chi connectivity index (χ2n) is 7.97. The van der Waals surface area contributed by atoms with Crippen LogP contribution < -0.4 is 9.47 Å². The van der Waals surface area contributed by atoms with Crippen LogP contribution in [0.3, 0.4) is 0 Å². The maximum Gasteiger partial charge on any atom is 0.311 e. The molecule has 0 bridgehead atoms. The summed E-state index contributed by atoms with van der Waals surface area (Å²) in [4.78, 5) is 38.4. The van der Waals surface area contributed by atoms with Gasteiger partial charge in [-0.05, 0) is 60.0 Å². The lowest BCUT2D eigenvalue weighted by atomic mass is 10.0. The molecule has 1 aliphatic heterocycles. The first kappa shape index (κ1) is 24.7. The molecule has 0 saturated heterocycles.